The van der Waals surface area contributed by atoms with Crippen molar-refractivity contribution in [2.75, 3.05) is 13.7 Å². The number of hydrogen-bond acceptors (Lipinski definition) is 4. The van der Waals surface area contributed by atoms with Crippen LogP contribution >= 0.6 is 0 Å². The lowest BCUT2D eigenvalue weighted by Crippen LogP contribution is -2.32. The van der Waals surface area contributed by atoms with Crippen LogP contribution < -0.4 is 14.8 Å². The number of rotatable bonds is 11. The van der Waals surface area contributed by atoms with Crippen LogP contribution in [-0.4, -0.2) is 29.2 Å². The van der Waals surface area contributed by atoms with Gasteiger partial charge in [0.15, 0.2) is 11.5 Å². The van der Waals surface area contributed by atoms with Crippen LogP contribution in [0.25, 0.3) is 17.1 Å². The monoisotopic (exact) mass is 475 g/mol. The number of ether oxygens (including phenoxy) is 2. The molecule has 0 atom stereocenters. The molecule has 1 N–H and O–H groups in total. The molecule has 4 rings (SSSR count). The highest BCUT2D eigenvalue weighted by atomic mass is 16.5. The Morgan fingerprint density at radius 1 is 1.11 bits per heavy atom. The molecule has 2 aromatic carbocycles. The Hall–Kier alpha value is -3.28. The summed E-state index contributed by atoms with van der Waals surface area (Å²) < 4.78 is 13.7. The Morgan fingerprint density at radius 3 is 2.74 bits per heavy atom. The Morgan fingerprint density at radius 2 is 1.94 bits per heavy atom. The van der Waals surface area contributed by atoms with E-state index in [0.29, 0.717) is 13.2 Å². The van der Waals surface area contributed by atoms with Crippen LogP contribution in [0.1, 0.15) is 63.3 Å². The van der Waals surface area contributed by atoms with Gasteiger partial charge in [0, 0.05) is 12.5 Å². The summed E-state index contributed by atoms with van der Waals surface area (Å²) in [6.45, 7) is 3.91. The summed E-state index contributed by atoms with van der Waals surface area (Å²) in [5, 5.41) is 3.15. The number of para-hydroxylation sites is 2. The Bertz CT molecular complexity index is 1150. The third-order valence-electron chi connectivity index (χ3n) is 6.71. The summed E-state index contributed by atoms with van der Waals surface area (Å²) >= 11 is 0. The molecule has 0 saturated heterocycles. The van der Waals surface area contributed by atoms with Crippen molar-refractivity contribution in [3.8, 4) is 11.5 Å². The van der Waals surface area contributed by atoms with E-state index in [2.05, 4.69) is 16.0 Å². The number of carbonyl (C=O) groups excluding carboxylic acids is 1. The van der Waals surface area contributed by atoms with Crippen molar-refractivity contribution in [3.63, 3.8) is 0 Å². The highest BCUT2D eigenvalue weighted by molar-refractivity contribution is 5.79. The lowest BCUT2D eigenvalue weighted by molar-refractivity contribution is -0.126. The number of fused-ring (bicyclic) bond motifs is 1. The second-order valence-corrected chi connectivity index (χ2v) is 9.19. The first kappa shape index (κ1) is 24.8. The van der Waals surface area contributed by atoms with Crippen molar-refractivity contribution in [2.24, 2.45) is 5.92 Å². The largest absolute Gasteiger partial charge is 0.493 e. The number of carbonyl (C=O) groups is 1. The van der Waals surface area contributed by atoms with E-state index in [0.717, 1.165) is 79.0 Å². The number of benzene rings is 2. The third-order valence-corrected chi connectivity index (χ3v) is 6.71. The first-order chi connectivity index (χ1) is 17.2. The maximum Gasteiger partial charge on any atom is 0.223 e. The Balaban J connectivity index is 1.33. The first-order valence-corrected chi connectivity index (χ1v) is 12.8. The summed E-state index contributed by atoms with van der Waals surface area (Å²) in [4.78, 5) is 17.5. The molecule has 1 amide bonds. The van der Waals surface area contributed by atoms with Gasteiger partial charge in [0.25, 0.3) is 0 Å². The Kier molecular flexibility index (Phi) is 8.82. The van der Waals surface area contributed by atoms with Crippen LogP contribution in [0.15, 0.2) is 48.5 Å². The molecule has 186 valence electrons. The molecule has 1 fully saturated rings. The number of aryl methyl sites for hydroxylation is 1. The maximum absolute atomic E-state index is 12.7. The van der Waals surface area contributed by atoms with Gasteiger partial charge in [-0.3, -0.25) is 4.79 Å². The smallest absolute Gasteiger partial charge is 0.223 e. The van der Waals surface area contributed by atoms with E-state index in [1.165, 1.54) is 6.42 Å². The standard InChI is InChI=1S/C29H37N3O3/c1-3-11-22-16-17-26(27(20-22)34-2)35-19-10-9-18-32-25-15-8-7-14-24(25)31-28(32)21-30-29(33)23-12-5-4-6-13-23/h3,7-8,11,14-17,20,23H,4-6,9-10,12-13,18-19,21H2,1-2H3,(H,30,33)/b11-3+. The number of allylic oxidation sites excluding steroid dienone is 1. The quantitative estimate of drug-likeness (QED) is 0.339. The zero-order valence-corrected chi connectivity index (χ0v) is 21.0. The van der Waals surface area contributed by atoms with E-state index in [-0.39, 0.29) is 11.8 Å². The second kappa shape index (κ2) is 12.4. The van der Waals surface area contributed by atoms with Gasteiger partial charge in [0.1, 0.15) is 5.82 Å². The minimum absolute atomic E-state index is 0.155. The molecule has 1 saturated carbocycles. The van der Waals surface area contributed by atoms with Crippen molar-refractivity contribution in [1.82, 2.24) is 14.9 Å². The molecular formula is C29H37N3O3. The maximum atomic E-state index is 12.7. The van der Waals surface area contributed by atoms with Crippen LogP contribution in [-0.2, 0) is 17.9 Å². The second-order valence-electron chi connectivity index (χ2n) is 9.19. The zero-order chi connectivity index (χ0) is 24.5. The number of hydrogen-bond donors (Lipinski definition) is 1. The molecule has 1 aliphatic carbocycles. The summed E-state index contributed by atoms with van der Waals surface area (Å²) in [7, 11) is 1.67. The van der Waals surface area contributed by atoms with Gasteiger partial charge in [0.05, 0.1) is 31.3 Å². The highest BCUT2D eigenvalue weighted by Gasteiger charge is 2.21. The number of aromatic nitrogens is 2. The predicted octanol–water partition coefficient (Wildman–Crippen LogP) is 6.13. The van der Waals surface area contributed by atoms with Gasteiger partial charge in [-0.05, 0) is 62.4 Å². The lowest BCUT2D eigenvalue weighted by Gasteiger charge is -2.20. The molecule has 0 bridgehead atoms. The lowest BCUT2D eigenvalue weighted by atomic mass is 9.89. The number of amides is 1. The normalized spacial score (nSPS) is 14.5. The zero-order valence-electron chi connectivity index (χ0n) is 21.0. The number of imidazole rings is 1. The molecule has 1 aliphatic rings. The van der Waals surface area contributed by atoms with Crippen LogP contribution in [0.5, 0.6) is 11.5 Å². The van der Waals surface area contributed by atoms with Gasteiger partial charge < -0.3 is 19.4 Å². The molecule has 1 aromatic heterocycles. The fourth-order valence-corrected chi connectivity index (χ4v) is 4.84. The minimum atomic E-state index is 0.155. The summed E-state index contributed by atoms with van der Waals surface area (Å²) in [6, 6.07) is 14.2. The van der Waals surface area contributed by atoms with Gasteiger partial charge >= 0.3 is 0 Å². The highest BCUT2D eigenvalue weighted by Crippen LogP contribution is 2.29. The molecular weight excluding hydrogens is 438 g/mol. The van der Waals surface area contributed by atoms with Gasteiger partial charge in [-0.2, -0.15) is 0 Å². The average molecular weight is 476 g/mol. The van der Waals surface area contributed by atoms with E-state index in [1.54, 1.807) is 7.11 Å². The van der Waals surface area contributed by atoms with Crippen molar-refractivity contribution in [1.29, 1.82) is 0 Å². The fraction of sp³-hybridized carbons (Fsp3) is 0.448. The molecule has 6 nitrogen and oxygen atoms in total. The van der Waals surface area contributed by atoms with Gasteiger partial charge in [-0.1, -0.05) is 49.6 Å². The number of methoxy groups -OCH3 is 1. The number of nitrogens with one attached hydrogen (secondary N) is 1. The SMILES string of the molecule is C/C=C/c1ccc(OCCCCn2c(CNC(=O)C3CCCCC3)nc3ccccc32)c(OC)c1. The van der Waals surface area contributed by atoms with Crippen molar-refractivity contribution < 1.29 is 14.3 Å². The van der Waals surface area contributed by atoms with E-state index in [1.807, 2.05) is 55.5 Å². The Labute approximate surface area is 208 Å². The number of nitrogens with zero attached hydrogens (tertiary/aromatic N) is 2. The topological polar surface area (TPSA) is 65.4 Å². The third kappa shape index (κ3) is 6.44. The van der Waals surface area contributed by atoms with Gasteiger partial charge in [0.2, 0.25) is 5.91 Å². The van der Waals surface area contributed by atoms with Gasteiger partial charge in [-0.15, -0.1) is 0 Å². The van der Waals surface area contributed by atoms with Crippen molar-refractivity contribution >= 4 is 23.0 Å². The minimum Gasteiger partial charge on any atom is -0.493 e. The van der Waals surface area contributed by atoms with Crippen LogP contribution in [0.4, 0.5) is 0 Å². The van der Waals surface area contributed by atoms with E-state index < -0.39 is 0 Å². The predicted molar refractivity (Wildman–Crippen MR) is 141 cm³/mol. The van der Waals surface area contributed by atoms with E-state index in [9.17, 15) is 4.79 Å². The van der Waals surface area contributed by atoms with Crippen LogP contribution in [0.3, 0.4) is 0 Å². The first-order valence-electron chi connectivity index (χ1n) is 12.8. The average Bonchev–Trinajstić information content (AvgIpc) is 3.25. The molecule has 3 aromatic rings. The van der Waals surface area contributed by atoms with E-state index >= 15 is 0 Å². The van der Waals surface area contributed by atoms with Crippen molar-refractivity contribution in [3.05, 3.63) is 59.9 Å². The van der Waals surface area contributed by atoms with Crippen LogP contribution in [0.2, 0.25) is 0 Å². The molecule has 0 radical (unpaired) electrons. The molecule has 1 heterocycles. The van der Waals surface area contributed by atoms with Crippen LogP contribution in [0, 0.1) is 5.92 Å². The van der Waals surface area contributed by atoms with E-state index in [4.69, 9.17) is 14.5 Å². The summed E-state index contributed by atoms with van der Waals surface area (Å²) in [5.41, 5.74) is 3.17. The van der Waals surface area contributed by atoms with Gasteiger partial charge in [-0.25, -0.2) is 4.98 Å². The molecule has 35 heavy (non-hydrogen) atoms. The summed E-state index contributed by atoms with van der Waals surface area (Å²) in [6.07, 6.45) is 11.5. The van der Waals surface area contributed by atoms with Crippen molar-refractivity contribution in [2.45, 2.75) is 65.0 Å². The fourth-order valence-electron chi connectivity index (χ4n) is 4.84. The molecule has 0 unspecified atom stereocenters. The summed E-state index contributed by atoms with van der Waals surface area (Å²) in [5.74, 6) is 2.75. The molecule has 6 heteroatoms. The molecule has 0 aliphatic heterocycles. The number of unbranched alkanes of at least 4 members (excludes halogenated alkanes) is 1. The molecule has 0 spiro atoms.